The van der Waals surface area contributed by atoms with Crippen molar-refractivity contribution in [3.63, 3.8) is 0 Å². The predicted molar refractivity (Wildman–Crippen MR) is 66.7 cm³/mol. The lowest BCUT2D eigenvalue weighted by Gasteiger charge is -2.41. The van der Waals surface area contributed by atoms with Crippen LogP contribution in [0.2, 0.25) is 5.15 Å². The molecule has 1 heterocycles. The number of hydrogen-bond donors (Lipinski definition) is 1. The maximum absolute atomic E-state index is 6.11. The van der Waals surface area contributed by atoms with Crippen molar-refractivity contribution in [2.24, 2.45) is 11.8 Å². The molecule has 0 radical (unpaired) electrons. The van der Waals surface area contributed by atoms with Crippen LogP contribution in [0.15, 0.2) is 24.4 Å². The number of nitrogens with zero attached hydrogens (tertiary/aromatic N) is 1. The molecule has 2 aliphatic carbocycles. The smallest absolute Gasteiger partial charge is 0.152 e. The normalized spacial score (nSPS) is 31.0. The van der Waals surface area contributed by atoms with Gasteiger partial charge in [0.25, 0.3) is 0 Å². The zero-order valence-corrected chi connectivity index (χ0v) is 10.0. The largest absolute Gasteiger partial charge is 0.379 e. The van der Waals surface area contributed by atoms with E-state index in [9.17, 15) is 0 Å². The fraction of sp³-hybridized carbons (Fsp3) is 0.462. The number of hydrogen-bond acceptors (Lipinski definition) is 2. The van der Waals surface area contributed by atoms with E-state index < -0.39 is 0 Å². The van der Waals surface area contributed by atoms with Gasteiger partial charge in [-0.15, -0.1) is 0 Å². The van der Waals surface area contributed by atoms with E-state index in [1.165, 1.54) is 18.4 Å². The van der Waals surface area contributed by atoms with Gasteiger partial charge in [0.15, 0.2) is 5.15 Å². The maximum atomic E-state index is 6.11. The van der Waals surface area contributed by atoms with E-state index in [4.69, 9.17) is 11.6 Å². The highest BCUT2D eigenvalue weighted by molar-refractivity contribution is 6.32. The number of nitrogens with one attached hydrogen (secondary N) is 1. The van der Waals surface area contributed by atoms with Crippen LogP contribution < -0.4 is 5.32 Å². The van der Waals surface area contributed by atoms with Crippen molar-refractivity contribution in [3.05, 3.63) is 35.1 Å². The number of allylic oxidation sites excluding steroid dienone is 1. The summed E-state index contributed by atoms with van der Waals surface area (Å²) in [7, 11) is 0. The fourth-order valence-corrected chi connectivity index (χ4v) is 3.03. The van der Waals surface area contributed by atoms with Gasteiger partial charge in [0.2, 0.25) is 0 Å². The van der Waals surface area contributed by atoms with Gasteiger partial charge < -0.3 is 5.32 Å². The summed E-state index contributed by atoms with van der Waals surface area (Å²) in [4.78, 5) is 4.12. The zero-order chi connectivity index (χ0) is 11.1. The number of halogens is 1. The molecule has 0 saturated heterocycles. The van der Waals surface area contributed by atoms with E-state index in [0.717, 1.165) is 11.6 Å². The predicted octanol–water partition coefficient (Wildman–Crippen LogP) is 3.42. The molecule has 1 N–H and O–H groups in total. The van der Waals surface area contributed by atoms with Crippen molar-refractivity contribution in [2.45, 2.75) is 25.8 Å². The number of anilines is 1. The Bertz CT molecular complexity index is 421. The van der Waals surface area contributed by atoms with E-state index in [1.807, 2.05) is 6.07 Å². The molecular weight excluding hydrogens is 220 g/mol. The first kappa shape index (κ1) is 10.2. The number of aromatic nitrogens is 1. The number of pyridine rings is 1. The topological polar surface area (TPSA) is 24.9 Å². The Hall–Kier alpha value is -1.02. The van der Waals surface area contributed by atoms with Crippen LogP contribution in [-0.4, -0.2) is 11.0 Å². The van der Waals surface area contributed by atoms with Gasteiger partial charge in [-0.25, -0.2) is 4.98 Å². The van der Waals surface area contributed by atoms with Gasteiger partial charge in [-0.2, -0.15) is 0 Å². The van der Waals surface area contributed by atoms with Gasteiger partial charge >= 0.3 is 0 Å². The molecule has 1 saturated carbocycles. The molecule has 1 aromatic rings. The molecule has 0 amide bonds. The van der Waals surface area contributed by atoms with Gasteiger partial charge in [-0.1, -0.05) is 23.8 Å². The summed E-state index contributed by atoms with van der Waals surface area (Å²) in [6.07, 6.45) is 8.90. The van der Waals surface area contributed by atoms with Crippen molar-refractivity contribution in [3.8, 4) is 0 Å². The lowest BCUT2D eigenvalue weighted by Crippen LogP contribution is -2.43. The maximum Gasteiger partial charge on any atom is 0.152 e. The molecule has 3 atom stereocenters. The average molecular weight is 235 g/mol. The second kappa shape index (κ2) is 3.77. The monoisotopic (exact) mass is 234 g/mol. The minimum absolute atomic E-state index is 0.546. The first-order chi connectivity index (χ1) is 7.75. The molecule has 1 aromatic heterocycles. The Balaban J connectivity index is 1.77. The van der Waals surface area contributed by atoms with Crippen molar-refractivity contribution in [1.82, 2.24) is 4.98 Å². The summed E-state index contributed by atoms with van der Waals surface area (Å²) in [6, 6.07) is 2.54. The summed E-state index contributed by atoms with van der Waals surface area (Å²) in [6.45, 7) is 2.07. The second-order valence-electron chi connectivity index (χ2n) is 4.78. The Labute approximate surface area is 101 Å². The van der Waals surface area contributed by atoms with E-state index in [-0.39, 0.29) is 0 Å². The molecule has 0 aliphatic heterocycles. The lowest BCUT2D eigenvalue weighted by atomic mass is 9.71. The molecule has 1 fully saturated rings. The first-order valence-electron chi connectivity index (χ1n) is 5.80. The van der Waals surface area contributed by atoms with Gasteiger partial charge in [0.1, 0.15) is 0 Å². The van der Waals surface area contributed by atoms with Crippen molar-refractivity contribution in [2.75, 3.05) is 5.32 Å². The van der Waals surface area contributed by atoms with Crippen LogP contribution in [0.4, 0.5) is 5.69 Å². The van der Waals surface area contributed by atoms with E-state index in [1.54, 1.807) is 6.20 Å². The Morgan fingerprint density at radius 2 is 2.38 bits per heavy atom. The summed E-state index contributed by atoms with van der Waals surface area (Å²) >= 11 is 6.11. The number of fused-ring (bicyclic) bond motifs is 1. The van der Waals surface area contributed by atoms with Gasteiger partial charge in [0, 0.05) is 18.2 Å². The number of aryl methyl sites for hydroxylation is 1. The average Bonchev–Trinajstić information content (AvgIpc) is 2.59. The molecule has 16 heavy (non-hydrogen) atoms. The third-order valence-electron chi connectivity index (χ3n) is 3.81. The highest BCUT2D eigenvalue weighted by Crippen LogP contribution is 2.44. The first-order valence-corrected chi connectivity index (χ1v) is 6.18. The molecule has 3 unspecified atom stereocenters. The third kappa shape index (κ3) is 1.52. The minimum Gasteiger partial charge on any atom is -0.379 e. The molecule has 3 rings (SSSR count). The van der Waals surface area contributed by atoms with Crippen LogP contribution in [0.25, 0.3) is 0 Å². The zero-order valence-electron chi connectivity index (χ0n) is 9.28. The summed E-state index contributed by atoms with van der Waals surface area (Å²) in [5, 5.41) is 4.13. The van der Waals surface area contributed by atoms with Crippen LogP contribution in [-0.2, 0) is 0 Å². The van der Waals surface area contributed by atoms with E-state index in [0.29, 0.717) is 17.1 Å². The van der Waals surface area contributed by atoms with Crippen LogP contribution in [0.1, 0.15) is 18.4 Å². The summed E-state index contributed by atoms with van der Waals surface area (Å²) in [5.74, 6) is 1.57. The molecule has 2 nitrogen and oxygen atoms in total. The molecular formula is C13H15ClN2. The van der Waals surface area contributed by atoms with Crippen LogP contribution in [0, 0.1) is 18.8 Å². The molecule has 0 spiro atoms. The molecule has 2 aliphatic rings. The minimum atomic E-state index is 0.546. The van der Waals surface area contributed by atoms with Crippen molar-refractivity contribution in [1.29, 1.82) is 0 Å². The quantitative estimate of drug-likeness (QED) is 0.627. The Kier molecular flexibility index (Phi) is 2.40. The van der Waals surface area contributed by atoms with Crippen molar-refractivity contribution >= 4 is 17.3 Å². The summed E-state index contributed by atoms with van der Waals surface area (Å²) < 4.78 is 0. The molecule has 0 bridgehead atoms. The van der Waals surface area contributed by atoms with Gasteiger partial charge in [-0.05, 0) is 37.3 Å². The molecule has 3 heteroatoms. The molecule has 84 valence electrons. The molecule has 0 aromatic carbocycles. The van der Waals surface area contributed by atoms with Gasteiger partial charge in [0.05, 0.1) is 5.69 Å². The Morgan fingerprint density at radius 3 is 3.12 bits per heavy atom. The fourth-order valence-electron chi connectivity index (χ4n) is 2.77. The van der Waals surface area contributed by atoms with Crippen LogP contribution in [0.5, 0.6) is 0 Å². The summed E-state index contributed by atoms with van der Waals surface area (Å²) in [5.41, 5.74) is 2.18. The third-order valence-corrected chi connectivity index (χ3v) is 4.09. The van der Waals surface area contributed by atoms with E-state index in [2.05, 4.69) is 29.4 Å². The SMILES string of the molecule is Cc1ccnc(Cl)c1NC1CC2CC=CC21. The second-order valence-corrected chi connectivity index (χ2v) is 5.14. The highest BCUT2D eigenvalue weighted by Gasteiger charge is 2.41. The van der Waals surface area contributed by atoms with Gasteiger partial charge in [-0.3, -0.25) is 0 Å². The standard InChI is InChI=1S/C13H15ClN2/c1-8-5-6-15-13(14)12(8)16-11-7-9-3-2-4-10(9)11/h2,4-6,9-11,16H,3,7H2,1H3. The van der Waals surface area contributed by atoms with Crippen molar-refractivity contribution < 1.29 is 0 Å². The number of rotatable bonds is 2. The van der Waals surface area contributed by atoms with Crippen LogP contribution >= 0.6 is 11.6 Å². The van der Waals surface area contributed by atoms with Crippen LogP contribution in [0.3, 0.4) is 0 Å². The highest BCUT2D eigenvalue weighted by atomic mass is 35.5. The van der Waals surface area contributed by atoms with E-state index >= 15 is 0 Å². The lowest BCUT2D eigenvalue weighted by molar-refractivity contribution is 0.218. The Morgan fingerprint density at radius 1 is 1.50 bits per heavy atom.